The zero-order valence-corrected chi connectivity index (χ0v) is 35.7. The summed E-state index contributed by atoms with van der Waals surface area (Å²) in [5.74, 6) is -3.67. The topological polar surface area (TPSA) is 214 Å². The zero-order valence-electron chi connectivity index (χ0n) is 34.1. The molecule has 1 amide bonds. The maximum atomic E-state index is 13.0. The summed E-state index contributed by atoms with van der Waals surface area (Å²) in [5.41, 5.74) is -1.63. The highest BCUT2D eigenvalue weighted by atomic mass is 32.1. The van der Waals surface area contributed by atoms with Gasteiger partial charge in [-0.1, -0.05) is 45.4 Å². The lowest BCUT2D eigenvalue weighted by molar-refractivity contribution is -0.213. The maximum Gasteiger partial charge on any atom is 0.360 e. The van der Waals surface area contributed by atoms with Crippen molar-refractivity contribution in [3.8, 4) is 0 Å². The summed E-state index contributed by atoms with van der Waals surface area (Å²) in [6, 6.07) is 0. The Labute approximate surface area is 342 Å². The molecule has 2 aliphatic carbocycles. The first-order valence-electron chi connectivity index (χ1n) is 18.2. The number of oxime groups is 2. The number of esters is 2. The van der Waals surface area contributed by atoms with E-state index in [0.717, 1.165) is 10.0 Å². The Bertz CT molecular complexity index is 1880. The van der Waals surface area contributed by atoms with E-state index in [1.54, 1.807) is 59.2 Å². The summed E-state index contributed by atoms with van der Waals surface area (Å²) in [6.07, 6.45) is 1.53. The number of aryl methyl sites for hydroxylation is 2. The number of aromatic nitrogens is 2. The molecular weight excluding hydrogens is 779 g/mol. The van der Waals surface area contributed by atoms with Crippen LogP contribution >= 0.6 is 22.7 Å². The van der Waals surface area contributed by atoms with Gasteiger partial charge in [0.25, 0.3) is 0 Å². The Morgan fingerprint density at radius 2 is 1.21 bits per heavy atom. The second-order valence-electron chi connectivity index (χ2n) is 18.0. The molecule has 2 aromatic rings. The summed E-state index contributed by atoms with van der Waals surface area (Å²) in [5, 5.41) is 22.1. The Balaban J connectivity index is 0.000000307. The van der Waals surface area contributed by atoms with Crippen LogP contribution in [-0.4, -0.2) is 85.1 Å². The fourth-order valence-electron chi connectivity index (χ4n) is 6.71. The molecule has 57 heavy (non-hydrogen) atoms. The average Bonchev–Trinajstić information content (AvgIpc) is 3.75. The van der Waals surface area contributed by atoms with Crippen LogP contribution in [-0.2, 0) is 48.0 Å². The number of aliphatic carboxylic acids is 1. The number of ether oxygens (including phenoxy) is 2. The normalized spacial score (nSPS) is 20.6. The van der Waals surface area contributed by atoms with E-state index in [9.17, 15) is 29.1 Å². The highest BCUT2D eigenvalue weighted by Crippen LogP contribution is 2.52. The highest BCUT2D eigenvalue weighted by molar-refractivity contribution is 7.10. The van der Waals surface area contributed by atoms with Crippen molar-refractivity contribution in [1.29, 1.82) is 0 Å². The van der Waals surface area contributed by atoms with Crippen molar-refractivity contribution in [1.82, 2.24) is 15.4 Å². The van der Waals surface area contributed by atoms with Crippen LogP contribution in [0.15, 0.2) is 21.1 Å². The van der Waals surface area contributed by atoms with Crippen LogP contribution in [0, 0.1) is 30.6 Å². The van der Waals surface area contributed by atoms with E-state index < -0.39 is 52.0 Å². The quantitative estimate of drug-likeness (QED) is 0.133. The van der Waals surface area contributed by atoms with Crippen LogP contribution in [0.4, 0.5) is 0 Å². The molecule has 0 bridgehead atoms. The number of carboxylic acids is 1. The van der Waals surface area contributed by atoms with Crippen molar-refractivity contribution in [3.63, 3.8) is 0 Å². The van der Waals surface area contributed by atoms with Gasteiger partial charge in [0.1, 0.15) is 22.6 Å². The van der Waals surface area contributed by atoms with Crippen LogP contribution in [0.2, 0.25) is 0 Å². The molecule has 18 heteroatoms. The van der Waals surface area contributed by atoms with Gasteiger partial charge >= 0.3 is 17.9 Å². The van der Waals surface area contributed by atoms with Gasteiger partial charge in [-0.15, -0.1) is 22.7 Å². The van der Waals surface area contributed by atoms with Gasteiger partial charge in [0.05, 0.1) is 22.5 Å². The first kappa shape index (κ1) is 47.1. The Hall–Kier alpha value is -4.29. The van der Waals surface area contributed by atoms with Gasteiger partial charge in [0.2, 0.25) is 22.8 Å². The van der Waals surface area contributed by atoms with Crippen LogP contribution in [0.5, 0.6) is 0 Å². The third-order valence-electron chi connectivity index (χ3n) is 8.67. The minimum absolute atomic E-state index is 0. The highest BCUT2D eigenvalue weighted by Gasteiger charge is 2.60. The third-order valence-corrected chi connectivity index (χ3v) is 10.2. The van der Waals surface area contributed by atoms with E-state index in [0.29, 0.717) is 31.4 Å². The number of Topliss-reactive ketones (excluding diaryl/α,β-unsaturated/α-hetero) is 1. The summed E-state index contributed by atoms with van der Waals surface area (Å²) in [7, 11) is 0. The van der Waals surface area contributed by atoms with Crippen molar-refractivity contribution < 1.29 is 53.1 Å². The molecule has 316 valence electrons. The van der Waals surface area contributed by atoms with E-state index in [1.165, 1.54) is 22.7 Å². The van der Waals surface area contributed by atoms with E-state index >= 15 is 0 Å². The molecule has 0 aromatic carbocycles. The molecule has 16 nitrogen and oxygen atoms in total. The number of carbonyl (C=O) groups excluding carboxylic acids is 4. The molecular formula is C39H57N5O11S2. The molecule has 1 saturated heterocycles. The molecule has 1 aliphatic heterocycles. The second-order valence-corrected chi connectivity index (χ2v) is 20.1. The Morgan fingerprint density at radius 3 is 1.53 bits per heavy atom. The van der Waals surface area contributed by atoms with Gasteiger partial charge in [0.15, 0.2) is 11.5 Å². The molecule has 2 saturated carbocycles. The predicted molar refractivity (Wildman–Crippen MR) is 214 cm³/mol. The number of thiazole rings is 2. The van der Waals surface area contributed by atoms with Gasteiger partial charge in [-0.2, -0.15) is 0 Å². The lowest BCUT2D eigenvalue weighted by Crippen LogP contribution is -2.57. The number of ketones is 1. The minimum Gasteiger partial charge on any atom is -0.476 e. The molecule has 0 spiro atoms. The molecule has 3 fully saturated rings. The number of carbonyl (C=O) groups is 5. The van der Waals surface area contributed by atoms with Gasteiger partial charge in [-0.3, -0.25) is 14.4 Å². The SMILES string of the molecule is C.Cc1nc(/C(=N/OC2(C(=O)OC(C)(C)C)CC(C)(C)C2)C(=O)C[C@H]2CONC2=O)cs1.Cc1nc(/C(=N/OC2(C(=O)OC(C)(C)C)CC(C)(C)C2)C(=O)O)cs1. The molecule has 0 radical (unpaired) electrons. The predicted octanol–water partition coefficient (Wildman–Crippen LogP) is 6.50. The van der Waals surface area contributed by atoms with Crippen molar-refractivity contribution >= 4 is 63.7 Å². The molecule has 2 aromatic heterocycles. The number of amides is 1. The van der Waals surface area contributed by atoms with Gasteiger partial charge in [-0.05, 0) is 66.2 Å². The number of nitrogens with one attached hydrogen (secondary N) is 1. The first-order valence-corrected chi connectivity index (χ1v) is 19.9. The zero-order chi connectivity index (χ0) is 42.1. The number of hydroxylamine groups is 1. The lowest BCUT2D eigenvalue weighted by atomic mass is 9.61. The van der Waals surface area contributed by atoms with E-state index in [-0.39, 0.29) is 54.3 Å². The van der Waals surface area contributed by atoms with Crippen molar-refractivity contribution in [2.45, 2.75) is 145 Å². The van der Waals surface area contributed by atoms with Crippen molar-refractivity contribution in [2.24, 2.45) is 27.1 Å². The van der Waals surface area contributed by atoms with Crippen LogP contribution < -0.4 is 5.48 Å². The number of hydrogen-bond acceptors (Lipinski definition) is 16. The Kier molecular flexibility index (Phi) is 14.3. The van der Waals surface area contributed by atoms with Gasteiger partial charge < -0.3 is 24.3 Å². The number of carboxylic acid groups (broad SMARTS) is 1. The average molecular weight is 836 g/mol. The monoisotopic (exact) mass is 835 g/mol. The smallest absolute Gasteiger partial charge is 0.360 e. The van der Waals surface area contributed by atoms with E-state index in [1.807, 2.05) is 34.6 Å². The number of hydrogen-bond donors (Lipinski definition) is 2. The molecule has 2 N–H and O–H groups in total. The molecule has 1 atom stereocenters. The molecule has 3 heterocycles. The van der Waals surface area contributed by atoms with Crippen LogP contribution in [0.25, 0.3) is 0 Å². The Morgan fingerprint density at radius 1 is 0.807 bits per heavy atom. The largest absolute Gasteiger partial charge is 0.476 e. The van der Waals surface area contributed by atoms with Crippen LogP contribution in [0.3, 0.4) is 0 Å². The summed E-state index contributed by atoms with van der Waals surface area (Å²) in [4.78, 5) is 86.4. The lowest BCUT2D eigenvalue weighted by Gasteiger charge is -2.49. The molecule has 3 aliphatic rings. The second kappa shape index (κ2) is 17.3. The maximum absolute atomic E-state index is 13.0. The van der Waals surface area contributed by atoms with Gasteiger partial charge in [-0.25, -0.2) is 29.8 Å². The number of nitrogens with zero attached hydrogens (tertiary/aromatic N) is 4. The fraction of sp³-hybridized carbons (Fsp3) is 0.667. The van der Waals surface area contributed by atoms with E-state index in [2.05, 4.69) is 25.8 Å². The standard InChI is InChI=1S/C21H29N3O6S.C17H24N2O5S.CH4/c1-12-22-14(9-31-12)16(15(25)7-13-8-28-24-17(13)26)23-30-21(10-20(5,6)11-21)18(27)29-19(2,3)4;1-10-18-11(7-25-10)12(13(20)21)19-24-17(8-16(5,6)9-17)14(22)23-15(2,3)4;/h9,13H,7-8,10-11H2,1-6H3,(H,24,26);7H,8-9H2,1-6H3,(H,20,21);1H4/b23-16-;19-12-;/t13-;;/m0../s1. The van der Waals surface area contributed by atoms with Crippen molar-refractivity contribution in [3.05, 3.63) is 32.2 Å². The third kappa shape index (κ3) is 12.4. The van der Waals surface area contributed by atoms with E-state index in [4.69, 9.17) is 24.0 Å². The minimum atomic E-state index is -1.26. The summed E-state index contributed by atoms with van der Waals surface area (Å²) >= 11 is 2.68. The fourth-order valence-corrected chi connectivity index (χ4v) is 7.91. The van der Waals surface area contributed by atoms with Crippen molar-refractivity contribution in [2.75, 3.05) is 6.61 Å². The number of rotatable bonds is 12. The summed E-state index contributed by atoms with van der Waals surface area (Å²) < 4.78 is 11.0. The summed E-state index contributed by atoms with van der Waals surface area (Å²) in [6.45, 7) is 22.4. The first-order chi connectivity index (χ1) is 25.6. The molecule has 0 unspecified atom stereocenters. The van der Waals surface area contributed by atoms with Crippen LogP contribution in [0.1, 0.15) is 130 Å². The molecule has 5 rings (SSSR count). The van der Waals surface area contributed by atoms with Gasteiger partial charge in [0, 0.05) is 42.9 Å².